The predicted molar refractivity (Wildman–Crippen MR) is 99.6 cm³/mol. The van der Waals surface area contributed by atoms with E-state index in [0.717, 1.165) is 44.8 Å². The van der Waals surface area contributed by atoms with Gasteiger partial charge in [0.2, 0.25) is 0 Å². The van der Waals surface area contributed by atoms with E-state index in [9.17, 15) is 27.5 Å². The Balaban J connectivity index is 1.42. The van der Waals surface area contributed by atoms with E-state index in [1.54, 1.807) is 0 Å². The lowest BCUT2D eigenvalue weighted by molar-refractivity contribution is -0.137. The van der Waals surface area contributed by atoms with Gasteiger partial charge in [-0.05, 0) is 43.9 Å². The van der Waals surface area contributed by atoms with E-state index in [0.29, 0.717) is 23.9 Å². The highest BCUT2D eigenvalue weighted by Crippen LogP contribution is 2.30. The molecule has 2 fully saturated rings. The molecule has 1 aromatic rings. The van der Waals surface area contributed by atoms with Gasteiger partial charge in [-0.25, -0.2) is 4.39 Å². The van der Waals surface area contributed by atoms with Crippen LogP contribution in [0.25, 0.3) is 0 Å². The SMILES string of the molecule is C=C(CNC(=O)c1cc(F)cc(C(F)(F)F)c1)NC1CN(C2CCC(O)CC2)C1. The molecule has 5 nitrogen and oxygen atoms in total. The second-order valence-electron chi connectivity index (χ2n) is 7.77. The minimum Gasteiger partial charge on any atom is -0.393 e. The molecule has 160 valence electrons. The first-order valence-corrected chi connectivity index (χ1v) is 9.64. The summed E-state index contributed by atoms with van der Waals surface area (Å²) < 4.78 is 51.7. The highest BCUT2D eigenvalue weighted by Gasteiger charge is 2.34. The summed E-state index contributed by atoms with van der Waals surface area (Å²) in [5, 5.41) is 15.2. The molecule has 9 heteroatoms. The van der Waals surface area contributed by atoms with Crippen LogP contribution >= 0.6 is 0 Å². The molecular weight excluding hydrogens is 390 g/mol. The Morgan fingerprint density at radius 2 is 1.83 bits per heavy atom. The van der Waals surface area contributed by atoms with Gasteiger partial charge in [0, 0.05) is 30.4 Å². The van der Waals surface area contributed by atoms with Crippen molar-refractivity contribution in [1.82, 2.24) is 15.5 Å². The second-order valence-corrected chi connectivity index (χ2v) is 7.77. The first-order chi connectivity index (χ1) is 13.6. The standard InChI is InChI=1S/C20H25F4N3O2/c1-12(26-16-10-27(11-16)17-2-4-18(28)5-3-17)9-25-19(29)13-6-14(20(22,23)24)8-15(21)7-13/h6-8,16-18,26,28H,1-5,9-11H2,(H,25,29). The molecule has 1 amide bonds. The third-order valence-corrected chi connectivity index (χ3v) is 5.45. The van der Waals surface area contributed by atoms with E-state index in [1.165, 1.54) is 0 Å². The second kappa shape index (κ2) is 8.71. The molecule has 0 radical (unpaired) electrons. The van der Waals surface area contributed by atoms with Crippen molar-refractivity contribution in [3.05, 3.63) is 47.4 Å². The molecule has 1 aliphatic carbocycles. The normalized spacial score (nSPS) is 23.3. The molecule has 1 aliphatic heterocycles. The highest BCUT2D eigenvalue weighted by molar-refractivity contribution is 5.94. The van der Waals surface area contributed by atoms with E-state index in [4.69, 9.17) is 0 Å². The zero-order valence-corrected chi connectivity index (χ0v) is 15.9. The monoisotopic (exact) mass is 415 g/mol. The van der Waals surface area contributed by atoms with Crippen molar-refractivity contribution in [2.75, 3.05) is 19.6 Å². The smallest absolute Gasteiger partial charge is 0.393 e. The van der Waals surface area contributed by atoms with Gasteiger partial charge in [0.05, 0.1) is 24.3 Å². The first kappa shape index (κ1) is 21.6. The molecule has 2 aliphatic rings. The van der Waals surface area contributed by atoms with Crippen LogP contribution in [-0.4, -0.2) is 53.7 Å². The Hall–Kier alpha value is -2.13. The van der Waals surface area contributed by atoms with Gasteiger partial charge < -0.3 is 15.7 Å². The molecule has 0 aromatic heterocycles. The number of hydrogen-bond donors (Lipinski definition) is 3. The summed E-state index contributed by atoms with van der Waals surface area (Å²) in [4.78, 5) is 14.4. The van der Waals surface area contributed by atoms with Gasteiger partial charge in [-0.3, -0.25) is 9.69 Å². The van der Waals surface area contributed by atoms with E-state index in [2.05, 4.69) is 22.1 Å². The topological polar surface area (TPSA) is 64.6 Å². The maximum Gasteiger partial charge on any atom is 0.416 e. The lowest BCUT2D eigenvalue weighted by Gasteiger charge is -2.46. The zero-order valence-electron chi connectivity index (χ0n) is 15.9. The fourth-order valence-electron chi connectivity index (χ4n) is 3.84. The van der Waals surface area contributed by atoms with Gasteiger partial charge in [-0.2, -0.15) is 13.2 Å². The fourth-order valence-corrected chi connectivity index (χ4v) is 3.84. The maximum atomic E-state index is 13.4. The number of nitrogens with one attached hydrogen (secondary N) is 2. The van der Waals surface area contributed by atoms with Crippen LogP contribution in [0.15, 0.2) is 30.5 Å². The molecule has 0 bridgehead atoms. The van der Waals surface area contributed by atoms with Crippen molar-refractivity contribution in [3.8, 4) is 0 Å². The largest absolute Gasteiger partial charge is 0.416 e. The van der Waals surface area contributed by atoms with Gasteiger partial charge >= 0.3 is 6.18 Å². The van der Waals surface area contributed by atoms with Crippen LogP contribution in [0.4, 0.5) is 17.6 Å². The molecule has 1 heterocycles. The Labute approximate surface area is 166 Å². The molecule has 29 heavy (non-hydrogen) atoms. The third-order valence-electron chi connectivity index (χ3n) is 5.45. The minimum atomic E-state index is -4.73. The molecule has 1 saturated carbocycles. The molecule has 1 aromatic carbocycles. The van der Waals surface area contributed by atoms with Crippen LogP contribution in [0.1, 0.15) is 41.6 Å². The van der Waals surface area contributed by atoms with Crippen LogP contribution in [0.5, 0.6) is 0 Å². The average Bonchev–Trinajstić information content (AvgIpc) is 2.62. The summed E-state index contributed by atoms with van der Waals surface area (Å²) in [6, 6.07) is 2.43. The van der Waals surface area contributed by atoms with Crippen LogP contribution < -0.4 is 10.6 Å². The van der Waals surface area contributed by atoms with E-state index in [-0.39, 0.29) is 24.3 Å². The number of hydrogen-bond acceptors (Lipinski definition) is 4. The summed E-state index contributed by atoms with van der Waals surface area (Å²) in [5.41, 5.74) is -1.06. The number of likely N-dealkylation sites (tertiary alicyclic amines) is 1. The quantitative estimate of drug-likeness (QED) is 0.625. The number of alkyl halides is 3. The number of carbonyl (C=O) groups excluding carboxylic acids is 1. The summed E-state index contributed by atoms with van der Waals surface area (Å²) in [7, 11) is 0. The Kier molecular flexibility index (Phi) is 6.48. The predicted octanol–water partition coefficient (Wildman–Crippen LogP) is 2.67. The van der Waals surface area contributed by atoms with Crippen LogP contribution in [0.2, 0.25) is 0 Å². The first-order valence-electron chi connectivity index (χ1n) is 9.64. The summed E-state index contributed by atoms with van der Waals surface area (Å²) >= 11 is 0. The number of carbonyl (C=O) groups is 1. The van der Waals surface area contributed by atoms with Crippen LogP contribution in [-0.2, 0) is 6.18 Å². The molecule has 1 saturated heterocycles. The van der Waals surface area contributed by atoms with Crippen LogP contribution in [0, 0.1) is 5.82 Å². The molecule has 0 spiro atoms. The van der Waals surface area contributed by atoms with Crippen molar-refractivity contribution in [2.45, 2.75) is 50.0 Å². The summed E-state index contributed by atoms with van der Waals surface area (Å²) in [6.45, 7) is 5.54. The van der Waals surface area contributed by atoms with Crippen molar-refractivity contribution < 1.29 is 27.5 Å². The van der Waals surface area contributed by atoms with Crippen molar-refractivity contribution in [2.24, 2.45) is 0 Å². The Bertz CT molecular complexity index is 755. The van der Waals surface area contributed by atoms with Gasteiger partial charge in [0.1, 0.15) is 5.82 Å². The number of aliphatic hydroxyl groups excluding tert-OH is 1. The zero-order chi connectivity index (χ0) is 21.2. The van der Waals surface area contributed by atoms with Gasteiger partial charge in [-0.1, -0.05) is 6.58 Å². The van der Waals surface area contributed by atoms with E-state index in [1.807, 2.05) is 0 Å². The Morgan fingerprint density at radius 1 is 1.17 bits per heavy atom. The number of aliphatic hydroxyl groups is 1. The molecule has 3 N–H and O–H groups in total. The summed E-state index contributed by atoms with van der Waals surface area (Å²) in [5.74, 6) is -1.92. The summed E-state index contributed by atoms with van der Waals surface area (Å²) in [6.07, 6.45) is -1.29. The molecule has 0 unspecified atom stereocenters. The number of amides is 1. The highest BCUT2D eigenvalue weighted by atomic mass is 19.4. The number of halogens is 4. The third kappa shape index (κ3) is 5.70. The lowest BCUT2D eigenvalue weighted by Crippen LogP contribution is -2.61. The van der Waals surface area contributed by atoms with Gasteiger partial charge in [-0.15, -0.1) is 0 Å². The Morgan fingerprint density at radius 3 is 2.45 bits per heavy atom. The number of benzene rings is 1. The van der Waals surface area contributed by atoms with Crippen LogP contribution in [0.3, 0.4) is 0 Å². The lowest BCUT2D eigenvalue weighted by atomic mass is 9.89. The van der Waals surface area contributed by atoms with E-state index < -0.39 is 23.5 Å². The van der Waals surface area contributed by atoms with Crippen molar-refractivity contribution >= 4 is 5.91 Å². The van der Waals surface area contributed by atoms with Crippen molar-refractivity contribution in [1.29, 1.82) is 0 Å². The fraction of sp³-hybridized carbons (Fsp3) is 0.550. The van der Waals surface area contributed by atoms with Gasteiger partial charge in [0.25, 0.3) is 5.91 Å². The number of rotatable bonds is 6. The minimum absolute atomic E-state index is 0.0306. The average molecular weight is 415 g/mol. The number of nitrogens with zero attached hydrogens (tertiary/aromatic N) is 1. The maximum absolute atomic E-state index is 13.4. The van der Waals surface area contributed by atoms with Gasteiger partial charge in [0.15, 0.2) is 0 Å². The molecule has 0 atom stereocenters. The molecular formula is C20H25F4N3O2. The molecule has 3 rings (SSSR count). The van der Waals surface area contributed by atoms with E-state index >= 15 is 0 Å². The van der Waals surface area contributed by atoms with Crippen molar-refractivity contribution in [3.63, 3.8) is 0 Å².